The number of nitrogens with one attached hydrogen (secondary N) is 5. The number of rotatable bonds is 17. The lowest BCUT2D eigenvalue weighted by molar-refractivity contribution is -0.132. The van der Waals surface area contributed by atoms with E-state index in [1.54, 1.807) is 38.1 Å². The largest absolute Gasteiger partial charge is 0.445 e. The van der Waals surface area contributed by atoms with E-state index in [-0.39, 0.29) is 37.8 Å². The van der Waals surface area contributed by atoms with Gasteiger partial charge in [-0.15, -0.1) is 0 Å². The van der Waals surface area contributed by atoms with Gasteiger partial charge in [0.15, 0.2) is 0 Å². The van der Waals surface area contributed by atoms with Gasteiger partial charge in [0.2, 0.25) is 17.7 Å². The number of hydrogen-bond donors (Lipinski definition) is 6. The van der Waals surface area contributed by atoms with Crippen LogP contribution in [0.15, 0.2) is 24.3 Å². The maximum absolute atomic E-state index is 13.3. The smallest absolute Gasteiger partial charge is 0.407 e. The van der Waals surface area contributed by atoms with E-state index in [9.17, 15) is 24.0 Å². The Morgan fingerprint density at radius 3 is 2.22 bits per heavy atom. The molecule has 0 fully saturated rings. The molecule has 6 amide bonds. The normalized spacial score (nSPS) is 12.6. The maximum Gasteiger partial charge on any atom is 0.407 e. The molecule has 0 aliphatic rings. The monoisotopic (exact) mass is 578 g/mol. The number of hydrogen-bond acceptors (Lipinski definition) is 7. The highest BCUT2D eigenvalue weighted by Crippen LogP contribution is 2.17. The first-order chi connectivity index (χ1) is 19.3. The Hall–Kier alpha value is -3.87. The van der Waals surface area contributed by atoms with E-state index >= 15 is 0 Å². The molecular weight excluding hydrogens is 532 g/mol. The number of primary amides is 1. The molecule has 230 valence electrons. The van der Waals surface area contributed by atoms with Gasteiger partial charge in [-0.25, -0.2) is 9.59 Å². The molecule has 41 heavy (non-hydrogen) atoms. The molecule has 0 aliphatic carbocycles. The van der Waals surface area contributed by atoms with Gasteiger partial charge in [-0.05, 0) is 63.6 Å². The Kier molecular flexibility index (Phi) is 15.2. The van der Waals surface area contributed by atoms with Crippen LogP contribution < -0.4 is 32.3 Å². The highest BCUT2D eigenvalue weighted by Gasteiger charge is 2.29. The zero-order chi connectivity index (χ0) is 31.0. The lowest BCUT2D eigenvalue weighted by atomic mass is 9.99. The lowest BCUT2D eigenvalue weighted by Gasteiger charge is -2.27. The second-order valence-electron chi connectivity index (χ2n) is 10.5. The van der Waals surface area contributed by atoms with Crippen molar-refractivity contribution in [2.75, 3.05) is 25.5 Å². The van der Waals surface area contributed by atoms with Gasteiger partial charge in [0.1, 0.15) is 18.7 Å². The summed E-state index contributed by atoms with van der Waals surface area (Å²) in [5, 5.41) is 13.1. The molecule has 1 aromatic rings. The van der Waals surface area contributed by atoms with Crippen LogP contribution in [0.1, 0.15) is 65.9 Å². The topological polar surface area (TPSA) is 190 Å². The summed E-state index contributed by atoms with van der Waals surface area (Å²) in [5.41, 5.74) is 5.83. The zero-order valence-corrected chi connectivity index (χ0v) is 24.9. The highest BCUT2D eigenvalue weighted by molar-refractivity contribution is 5.98. The van der Waals surface area contributed by atoms with Crippen molar-refractivity contribution < 1.29 is 33.4 Å². The minimum Gasteiger partial charge on any atom is -0.445 e. The molecule has 1 unspecified atom stereocenters. The van der Waals surface area contributed by atoms with E-state index in [4.69, 9.17) is 15.2 Å². The Bertz CT molecular complexity index is 1010. The van der Waals surface area contributed by atoms with Gasteiger partial charge in [-0.3, -0.25) is 14.4 Å². The molecule has 0 heterocycles. The first kappa shape index (κ1) is 35.2. The fourth-order valence-corrected chi connectivity index (χ4v) is 3.84. The van der Waals surface area contributed by atoms with Crippen LogP contribution in [-0.4, -0.2) is 67.7 Å². The molecule has 0 spiro atoms. The maximum atomic E-state index is 13.3. The van der Waals surface area contributed by atoms with Crippen molar-refractivity contribution in [1.82, 2.24) is 21.3 Å². The Morgan fingerprint density at radius 1 is 1.00 bits per heavy atom. The molecule has 0 bridgehead atoms. The number of nitrogens with two attached hydrogens (primary N) is 1. The van der Waals surface area contributed by atoms with E-state index in [0.29, 0.717) is 30.7 Å². The van der Waals surface area contributed by atoms with Gasteiger partial charge in [-0.1, -0.05) is 26.0 Å². The van der Waals surface area contributed by atoms with Crippen molar-refractivity contribution in [3.63, 3.8) is 0 Å². The molecule has 1 aromatic carbocycles. The SMILES string of the molecule is CCOC(C)(C)CCC(=O)NC(C(=O)N[C@@H](CCCNC(N)=O)C(=O)Nc1ccc(COC(=O)NC)cc1)C(C)C. The molecule has 0 aromatic heterocycles. The highest BCUT2D eigenvalue weighted by atomic mass is 16.5. The number of urea groups is 1. The van der Waals surface area contributed by atoms with Gasteiger partial charge in [0, 0.05) is 32.3 Å². The van der Waals surface area contributed by atoms with Crippen LogP contribution >= 0.6 is 0 Å². The predicted octanol–water partition coefficient (Wildman–Crippen LogP) is 2.15. The standard InChI is InChI=1S/C28H46N6O7/c1-7-41-28(4,5)15-14-22(35)34-23(18(2)3)25(37)33-21(9-8-16-31-26(29)38)24(36)32-20-12-10-19(11-13-20)17-40-27(39)30-6/h10-13,18,21,23H,7-9,14-17H2,1-6H3,(H,30,39)(H,32,36)(H,33,37)(H,34,35)(H3,29,31,38)/t21-,23?/m0/s1. The van der Waals surface area contributed by atoms with Crippen LogP contribution in [0.2, 0.25) is 0 Å². The van der Waals surface area contributed by atoms with Crippen LogP contribution in [0.3, 0.4) is 0 Å². The van der Waals surface area contributed by atoms with E-state index in [0.717, 1.165) is 0 Å². The Morgan fingerprint density at radius 2 is 1.66 bits per heavy atom. The van der Waals surface area contributed by atoms with Gasteiger partial charge in [-0.2, -0.15) is 0 Å². The number of anilines is 1. The summed E-state index contributed by atoms with van der Waals surface area (Å²) in [4.78, 5) is 61.4. The first-order valence-electron chi connectivity index (χ1n) is 13.8. The molecule has 7 N–H and O–H groups in total. The molecular formula is C28H46N6O7. The number of amides is 6. The van der Waals surface area contributed by atoms with E-state index in [2.05, 4.69) is 26.6 Å². The number of alkyl carbamates (subject to hydrolysis) is 1. The second-order valence-corrected chi connectivity index (χ2v) is 10.5. The van der Waals surface area contributed by atoms with E-state index < -0.39 is 41.6 Å². The number of carbonyl (C=O) groups excluding carboxylic acids is 5. The summed E-state index contributed by atoms with van der Waals surface area (Å²) in [6.07, 6.45) is 0.667. The molecule has 13 heteroatoms. The first-order valence-corrected chi connectivity index (χ1v) is 13.8. The Balaban J connectivity index is 2.90. The average Bonchev–Trinajstić information content (AvgIpc) is 2.91. The van der Waals surface area contributed by atoms with Gasteiger partial charge >= 0.3 is 12.1 Å². The Labute approximate surface area is 242 Å². The molecule has 0 saturated carbocycles. The fourth-order valence-electron chi connectivity index (χ4n) is 3.84. The summed E-state index contributed by atoms with van der Waals surface area (Å²) < 4.78 is 10.6. The summed E-state index contributed by atoms with van der Waals surface area (Å²) in [6.45, 7) is 10.1. The third-order valence-corrected chi connectivity index (χ3v) is 6.15. The van der Waals surface area contributed by atoms with Gasteiger partial charge in [0.05, 0.1) is 5.60 Å². The summed E-state index contributed by atoms with van der Waals surface area (Å²) in [6, 6.07) is 4.18. The van der Waals surface area contributed by atoms with Gasteiger partial charge in [0.25, 0.3) is 0 Å². The summed E-state index contributed by atoms with van der Waals surface area (Å²) in [7, 11) is 1.46. The predicted molar refractivity (Wildman–Crippen MR) is 155 cm³/mol. The number of ether oxygens (including phenoxy) is 2. The van der Waals surface area contributed by atoms with Crippen molar-refractivity contribution in [3.05, 3.63) is 29.8 Å². The summed E-state index contributed by atoms with van der Waals surface area (Å²) in [5.74, 6) is -1.51. The molecule has 0 aliphatic heterocycles. The molecule has 13 nitrogen and oxygen atoms in total. The quantitative estimate of drug-likeness (QED) is 0.153. The van der Waals surface area contributed by atoms with Crippen LogP contribution in [0, 0.1) is 5.92 Å². The molecule has 0 saturated heterocycles. The number of carbonyl (C=O) groups is 5. The summed E-state index contributed by atoms with van der Waals surface area (Å²) >= 11 is 0. The minimum atomic E-state index is -0.955. The van der Waals surface area contributed by atoms with Crippen molar-refractivity contribution in [2.45, 2.75) is 84.6 Å². The van der Waals surface area contributed by atoms with E-state index in [1.165, 1.54) is 7.05 Å². The van der Waals surface area contributed by atoms with Crippen LogP contribution in [0.5, 0.6) is 0 Å². The second kappa shape index (κ2) is 17.7. The lowest BCUT2D eigenvalue weighted by Crippen LogP contribution is -2.54. The fraction of sp³-hybridized carbons (Fsp3) is 0.607. The third-order valence-electron chi connectivity index (χ3n) is 6.15. The molecule has 0 radical (unpaired) electrons. The van der Waals surface area contributed by atoms with Crippen molar-refractivity contribution in [2.24, 2.45) is 11.7 Å². The molecule has 2 atom stereocenters. The minimum absolute atomic E-state index is 0.0604. The third kappa shape index (κ3) is 14.4. The zero-order valence-electron chi connectivity index (χ0n) is 24.9. The average molecular weight is 579 g/mol. The number of benzene rings is 1. The molecule has 1 rings (SSSR count). The van der Waals surface area contributed by atoms with Crippen LogP contribution in [0.4, 0.5) is 15.3 Å². The van der Waals surface area contributed by atoms with E-state index in [1.807, 2.05) is 20.8 Å². The van der Waals surface area contributed by atoms with Crippen LogP contribution in [-0.2, 0) is 30.5 Å². The van der Waals surface area contributed by atoms with Crippen molar-refractivity contribution in [1.29, 1.82) is 0 Å². The van der Waals surface area contributed by atoms with Crippen molar-refractivity contribution >= 4 is 35.5 Å². The van der Waals surface area contributed by atoms with Crippen LogP contribution in [0.25, 0.3) is 0 Å². The van der Waals surface area contributed by atoms with Gasteiger partial charge < -0.3 is 41.8 Å². The van der Waals surface area contributed by atoms with Crippen molar-refractivity contribution in [3.8, 4) is 0 Å².